The summed E-state index contributed by atoms with van der Waals surface area (Å²) < 4.78 is 54.4. The van der Waals surface area contributed by atoms with Gasteiger partial charge in [0, 0.05) is 11.6 Å². The molecule has 0 radical (unpaired) electrons. The van der Waals surface area contributed by atoms with Crippen molar-refractivity contribution in [1.29, 1.82) is 0 Å². The number of rotatable bonds is 5. The monoisotopic (exact) mass is 420 g/mol. The number of aromatic nitrogens is 2. The summed E-state index contributed by atoms with van der Waals surface area (Å²) in [5.41, 5.74) is 11.5. The van der Waals surface area contributed by atoms with Crippen molar-refractivity contribution >= 4 is 38.5 Å². The fourth-order valence-electron chi connectivity index (χ4n) is 2.88. The van der Waals surface area contributed by atoms with E-state index >= 15 is 0 Å². The number of primary amides is 1. The topological polar surface area (TPSA) is 121 Å². The van der Waals surface area contributed by atoms with E-state index in [9.17, 15) is 22.0 Å². The van der Waals surface area contributed by atoms with Gasteiger partial charge in [-0.25, -0.2) is 26.2 Å². The normalized spacial score (nSPS) is 12.7. The molecule has 0 saturated carbocycles. The maximum Gasteiger partial charge on any atom is 0.244 e. The van der Waals surface area contributed by atoms with Gasteiger partial charge in [0.2, 0.25) is 21.9 Å². The third-order valence-electron chi connectivity index (χ3n) is 4.30. The first-order valence-corrected chi connectivity index (χ1v) is 10.0. The fourth-order valence-corrected chi connectivity index (χ4v) is 4.03. The van der Waals surface area contributed by atoms with Crippen LogP contribution < -0.4 is 11.5 Å². The number of nitrogen functional groups attached to an aromatic ring is 1. The highest BCUT2D eigenvalue weighted by molar-refractivity contribution is 7.90. The maximum atomic E-state index is 14.4. The number of nitrogens with zero attached hydrogens (tertiary/aromatic N) is 2. The van der Waals surface area contributed by atoms with Gasteiger partial charge in [-0.05, 0) is 55.3 Å². The number of hydrogen-bond acceptors (Lipinski definition) is 5. The van der Waals surface area contributed by atoms with Crippen LogP contribution >= 0.6 is 0 Å². The van der Waals surface area contributed by atoms with Crippen LogP contribution in [-0.4, -0.2) is 28.5 Å². The average molecular weight is 420 g/mol. The summed E-state index contributed by atoms with van der Waals surface area (Å²) >= 11 is 0. The molecule has 0 unspecified atom stereocenters. The molecular weight excluding hydrogens is 402 g/mol. The summed E-state index contributed by atoms with van der Waals surface area (Å²) in [7, 11) is -3.85. The molecule has 3 aromatic rings. The molecule has 0 aliphatic heterocycles. The number of hydrogen-bond donors (Lipinski definition) is 2. The van der Waals surface area contributed by atoms with Gasteiger partial charge in [-0.1, -0.05) is 6.07 Å². The number of imidazole rings is 1. The molecule has 1 aromatic heterocycles. The summed E-state index contributed by atoms with van der Waals surface area (Å²) in [6, 6.07) is 7.13. The first kappa shape index (κ1) is 20.5. The van der Waals surface area contributed by atoms with Gasteiger partial charge in [-0.2, -0.15) is 0 Å². The zero-order valence-electron chi connectivity index (χ0n) is 15.6. The van der Waals surface area contributed by atoms with E-state index in [2.05, 4.69) is 4.98 Å². The third kappa shape index (κ3) is 3.70. The van der Waals surface area contributed by atoms with Gasteiger partial charge in [0.1, 0.15) is 11.6 Å². The maximum absolute atomic E-state index is 14.4. The average Bonchev–Trinajstić information content (AvgIpc) is 2.97. The Kier molecular flexibility index (Phi) is 5.14. The van der Waals surface area contributed by atoms with Crippen molar-refractivity contribution in [3.63, 3.8) is 0 Å². The van der Waals surface area contributed by atoms with Crippen molar-refractivity contribution in [3.05, 3.63) is 65.2 Å². The quantitative estimate of drug-likeness (QED) is 0.614. The lowest BCUT2D eigenvalue weighted by Gasteiger charge is -2.13. The summed E-state index contributed by atoms with van der Waals surface area (Å²) in [5, 5.41) is -0.785. The Hall–Kier alpha value is -3.27. The molecule has 0 aliphatic carbocycles. The lowest BCUT2D eigenvalue weighted by molar-refractivity contribution is -0.113. The summed E-state index contributed by atoms with van der Waals surface area (Å²) in [6.07, 6.45) is 0.944. The zero-order chi connectivity index (χ0) is 21.5. The van der Waals surface area contributed by atoms with Crippen LogP contribution in [0.4, 0.5) is 14.7 Å². The molecule has 2 aromatic carbocycles. The summed E-state index contributed by atoms with van der Waals surface area (Å²) in [6.45, 7) is 2.98. The molecule has 0 spiro atoms. The number of anilines is 1. The Morgan fingerprint density at radius 1 is 1.17 bits per heavy atom. The second kappa shape index (κ2) is 7.28. The van der Waals surface area contributed by atoms with E-state index in [-0.39, 0.29) is 33.7 Å². The minimum Gasteiger partial charge on any atom is -0.368 e. The standard InChI is InChI=1S/C19H18F2N4O3S/c1-10(2)29(27,28)25-17-7-11(3-6-16(17)24-19(25)23)13(9-18(22)26)14-8-12(20)4-5-15(14)21/h3-10H,1-2H3,(H2,22,26)(H2,23,24). The number of carbonyl (C=O) groups excluding carboxylic acids is 1. The fraction of sp³-hybridized carbons (Fsp3) is 0.158. The number of nitrogens with two attached hydrogens (primary N) is 2. The van der Waals surface area contributed by atoms with Crippen LogP contribution in [0.5, 0.6) is 0 Å². The molecule has 0 atom stereocenters. The van der Waals surface area contributed by atoms with E-state index in [0.717, 1.165) is 28.2 Å². The number of benzene rings is 2. The predicted molar refractivity (Wildman–Crippen MR) is 106 cm³/mol. The number of amides is 1. The first-order valence-electron chi connectivity index (χ1n) is 8.51. The Bertz CT molecular complexity index is 1260. The van der Waals surface area contributed by atoms with Crippen LogP contribution in [0.3, 0.4) is 0 Å². The van der Waals surface area contributed by atoms with E-state index in [1.807, 2.05) is 0 Å². The smallest absolute Gasteiger partial charge is 0.244 e. The minimum absolute atomic E-state index is 0.00957. The summed E-state index contributed by atoms with van der Waals surface area (Å²) in [5.74, 6) is -2.61. The molecule has 152 valence electrons. The molecule has 10 heteroatoms. The highest BCUT2D eigenvalue weighted by atomic mass is 32.2. The van der Waals surface area contributed by atoms with Gasteiger partial charge in [-0.3, -0.25) is 4.79 Å². The largest absolute Gasteiger partial charge is 0.368 e. The molecular formula is C19H18F2N4O3S. The highest BCUT2D eigenvalue weighted by Gasteiger charge is 2.25. The van der Waals surface area contributed by atoms with Gasteiger partial charge in [-0.15, -0.1) is 0 Å². The van der Waals surface area contributed by atoms with E-state index in [0.29, 0.717) is 0 Å². The van der Waals surface area contributed by atoms with Crippen molar-refractivity contribution in [3.8, 4) is 0 Å². The molecule has 0 saturated heterocycles. The molecule has 1 amide bonds. The lowest BCUT2D eigenvalue weighted by Crippen LogP contribution is -2.23. The number of halogens is 2. The van der Waals surface area contributed by atoms with Crippen LogP contribution in [0.15, 0.2) is 42.5 Å². The van der Waals surface area contributed by atoms with Crippen LogP contribution in [-0.2, 0) is 14.8 Å². The van der Waals surface area contributed by atoms with Crippen LogP contribution in [0.25, 0.3) is 16.6 Å². The van der Waals surface area contributed by atoms with Crippen molar-refractivity contribution in [2.45, 2.75) is 19.1 Å². The predicted octanol–water partition coefficient (Wildman–Crippen LogP) is 2.40. The molecule has 3 rings (SSSR count). The first-order chi connectivity index (χ1) is 13.5. The molecule has 0 aliphatic rings. The van der Waals surface area contributed by atoms with E-state index in [4.69, 9.17) is 11.5 Å². The number of carbonyl (C=O) groups is 1. The van der Waals surface area contributed by atoms with E-state index < -0.39 is 32.8 Å². The van der Waals surface area contributed by atoms with Gasteiger partial charge in [0.05, 0.1) is 16.3 Å². The van der Waals surface area contributed by atoms with Crippen molar-refractivity contribution in [2.75, 3.05) is 5.73 Å². The molecule has 29 heavy (non-hydrogen) atoms. The molecule has 7 nitrogen and oxygen atoms in total. The molecule has 0 bridgehead atoms. The Morgan fingerprint density at radius 3 is 2.48 bits per heavy atom. The second-order valence-corrected chi connectivity index (χ2v) is 8.95. The highest BCUT2D eigenvalue weighted by Crippen LogP contribution is 2.30. The van der Waals surface area contributed by atoms with Crippen molar-refractivity contribution < 1.29 is 22.0 Å². The van der Waals surface area contributed by atoms with E-state index in [1.165, 1.54) is 32.0 Å². The lowest BCUT2D eigenvalue weighted by atomic mass is 9.96. The zero-order valence-corrected chi connectivity index (χ0v) is 16.4. The second-order valence-electron chi connectivity index (χ2n) is 6.62. The Balaban J connectivity index is 2.32. The molecule has 1 heterocycles. The molecule has 4 N–H and O–H groups in total. The minimum atomic E-state index is -3.85. The van der Waals surface area contributed by atoms with Gasteiger partial charge in [0.15, 0.2) is 0 Å². The third-order valence-corrected chi connectivity index (χ3v) is 6.39. The van der Waals surface area contributed by atoms with Crippen LogP contribution in [0.1, 0.15) is 25.0 Å². The van der Waals surface area contributed by atoms with Crippen molar-refractivity contribution in [2.24, 2.45) is 5.73 Å². The molecule has 0 fully saturated rings. The van der Waals surface area contributed by atoms with Crippen molar-refractivity contribution in [1.82, 2.24) is 8.96 Å². The van der Waals surface area contributed by atoms with Gasteiger partial charge >= 0.3 is 0 Å². The Morgan fingerprint density at radius 2 is 1.86 bits per heavy atom. The van der Waals surface area contributed by atoms with Crippen LogP contribution in [0.2, 0.25) is 0 Å². The van der Waals surface area contributed by atoms with Gasteiger partial charge in [0.25, 0.3) is 0 Å². The Labute approximate surface area is 165 Å². The van der Waals surface area contributed by atoms with Crippen LogP contribution in [0, 0.1) is 11.6 Å². The summed E-state index contributed by atoms with van der Waals surface area (Å²) in [4.78, 5) is 15.6. The van der Waals surface area contributed by atoms with E-state index in [1.54, 1.807) is 0 Å². The SMILES string of the molecule is CC(C)S(=O)(=O)n1c(N)nc2ccc(C(=CC(N)=O)c3cc(F)ccc3F)cc21. The van der Waals surface area contributed by atoms with Gasteiger partial charge < -0.3 is 11.5 Å². The number of fused-ring (bicyclic) bond motifs is 1.